The smallest absolute Gasteiger partial charge is 0.356 e. The summed E-state index contributed by atoms with van der Waals surface area (Å²) in [6.45, 7) is 1.24. The lowest BCUT2D eigenvalue weighted by Crippen LogP contribution is -2.03. The molecule has 19 heavy (non-hydrogen) atoms. The summed E-state index contributed by atoms with van der Waals surface area (Å²) in [6.07, 6.45) is 0. The van der Waals surface area contributed by atoms with Gasteiger partial charge in [0.05, 0.1) is 0 Å². The Morgan fingerprint density at radius 2 is 2.05 bits per heavy atom. The quantitative estimate of drug-likeness (QED) is 0.844. The molecule has 0 bridgehead atoms. The van der Waals surface area contributed by atoms with Crippen LogP contribution in [-0.4, -0.2) is 26.9 Å². The molecule has 2 rings (SSSR count). The zero-order valence-electron chi connectivity index (χ0n) is 9.68. The van der Waals surface area contributed by atoms with Crippen LogP contribution in [0.25, 0.3) is 10.6 Å². The van der Waals surface area contributed by atoms with Gasteiger partial charge in [0.2, 0.25) is 0 Å². The molecule has 0 unspecified atom stereocenters. The maximum absolute atomic E-state index is 13.2. The molecule has 2 N–H and O–H groups in total. The molecule has 0 saturated heterocycles. The molecular formula is C12H8FNO4S. The highest BCUT2D eigenvalue weighted by molar-refractivity contribution is 7.17. The van der Waals surface area contributed by atoms with Crippen LogP contribution in [0.3, 0.4) is 0 Å². The Labute approximate surface area is 111 Å². The van der Waals surface area contributed by atoms with E-state index in [1.165, 1.54) is 13.0 Å². The van der Waals surface area contributed by atoms with Gasteiger partial charge in [-0.15, -0.1) is 11.3 Å². The van der Waals surface area contributed by atoms with Crippen LogP contribution in [0.15, 0.2) is 18.2 Å². The molecule has 0 atom stereocenters. The third-order valence-electron chi connectivity index (χ3n) is 2.34. The Kier molecular flexibility index (Phi) is 3.30. The van der Waals surface area contributed by atoms with Gasteiger partial charge >= 0.3 is 5.97 Å². The van der Waals surface area contributed by atoms with E-state index in [1.807, 2.05) is 0 Å². The van der Waals surface area contributed by atoms with Gasteiger partial charge in [0.25, 0.3) is 0 Å². The maximum Gasteiger partial charge on any atom is 0.356 e. The minimum absolute atomic E-state index is 0.0102. The Bertz CT molecular complexity index is 649. The minimum Gasteiger partial charge on any atom is -0.505 e. The first-order chi connectivity index (χ1) is 8.90. The summed E-state index contributed by atoms with van der Waals surface area (Å²) < 4.78 is 13.2. The zero-order chi connectivity index (χ0) is 14.2. The Balaban J connectivity index is 2.57. The van der Waals surface area contributed by atoms with E-state index in [1.54, 1.807) is 0 Å². The van der Waals surface area contributed by atoms with Crippen LogP contribution in [0.1, 0.15) is 27.1 Å². The zero-order valence-corrected chi connectivity index (χ0v) is 10.5. The molecule has 98 valence electrons. The average molecular weight is 281 g/mol. The van der Waals surface area contributed by atoms with E-state index < -0.39 is 23.3 Å². The van der Waals surface area contributed by atoms with Crippen molar-refractivity contribution >= 4 is 23.1 Å². The van der Waals surface area contributed by atoms with Crippen molar-refractivity contribution in [3.63, 3.8) is 0 Å². The monoisotopic (exact) mass is 281 g/mol. The normalized spacial score (nSPS) is 10.4. The molecule has 0 saturated carbocycles. The van der Waals surface area contributed by atoms with E-state index in [0.29, 0.717) is 5.56 Å². The van der Waals surface area contributed by atoms with E-state index in [4.69, 9.17) is 10.2 Å². The second-order valence-corrected chi connectivity index (χ2v) is 4.72. The predicted molar refractivity (Wildman–Crippen MR) is 66.1 cm³/mol. The van der Waals surface area contributed by atoms with Crippen LogP contribution in [0.4, 0.5) is 4.39 Å². The highest BCUT2D eigenvalue weighted by Crippen LogP contribution is 2.30. The number of Topliss-reactive ketones (excluding diaryl/α,β-unsaturated/α-hetero) is 1. The first-order valence-corrected chi connectivity index (χ1v) is 5.95. The van der Waals surface area contributed by atoms with Crippen LogP contribution in [0, 0.1) is 5.82 Å². The SMILES string of the molecule is CC(=O)c1sc(-c2ccc(O)c(F)c2)nc1C(=O)O. The summed E-state index contributed by atoms with van der Waals surface area (Å²) in [5, 5.41) is 18.2. The average Bonchev–Trinajstić information content (AvgIpc) is 2.78. The lowest BCUT2D eigenvalue weighted by Gasteiger charge is -1.98. The number of thiazole rings is 1. The van der Waals surface area contributed by atoms with Gasteiger partial charge in [0.1, 0.15) is 9.88 Å². The number of ketones is 1. The van der Waals surface area contributed by atoms with Crippen molar-refractivity contribution in [1.29, 1.82) is 0 Å². The maximum atomic E-state index is 13.2. The van der Waals surface area contributed by atoms with Crippen LogP contribution in [0.2, 0.25) is 0 Å². The Hall–Kier alpha value is -2.28. The van der Waals surface area contributed by atoms with Crippen molar-refractivity contribution in [3.05, 3.63) is 34.6 Å². The van der Waals surface area contributed by atoms with Crippen LogP contribution < -0.4 is 0 Å². The molecule has 0 spiro atoms. The van der Waals surface area contributed by atoms with Gasteiger partial charge in [-0.2, -0.15) is 0 Å². The van der Waals surface area contributed by atoms with Crippen molar-refractivity contribution in [2.75, 3.05) is 0 Å². The fraction of sp³-hybridized carbons (Fsp3) is 0.0833. The number of benzene rings is 1. The number of aromatic hydroxyl groups is 1. The van der Waals surface area contributed by atoms with Crippen molar-refractivity contribution in [2.24, 2.45) is 0 Å². The summed E-state index contributed by atoms with van der Waals surface area (Å²) in [4.78, 5) is 26.1. The van der Waals surface area contributed by atoms with Gasteiger partial charge in [-0.25, -0.2) is 14.2 Å². The Morgan fingerprint density at radius 1 is 1.37 bits per heavy atom. The number of nitrogens with zero attached hydrogens (tertiary/aromatic N) is 1. The van der Waals surface area contributed by atoms with E-state index in [2.05, 4.69) is 4.98 Å². The summed E-state index contributed by atoms with van der Waals surface area (Å²) in [6, 6.07) is 3.57. The lowest BCUT2D eigenvalue weighted by molar-refractivity contribution is 0.0687. The van der Waals surface area contributed by atoms with Crippen LogP contribution in [0.5, 0.6) is 5.75 Å². The van der Waals surface area contributed by atoms with Crippen molar-refractivity contribution in [1.82, 2.24) is 4.98 Å². The molecule has 1 aromatic carbocycles. The molecule has 2 aromatic rings. The first-order valence-electron chi connectivity index (χ1n) is 5.14. The molecule has 7 heteroatoms. The second kappa shape index (κ2) is 4.77. The van der Waals surface area contributed by atoms with Gasteiger partial charge in [0, 0.05) is 12.5 Å². The van der Waals surface area contributed by atoms with Crippen molar-refractivity contribution in [3.8, 4) is 16.3 Å². The molecule has 0 aliphatic rings. The number of hydrogen-bond acceptors (Lipinski definition) is 5. The van der Waals surface area contributed by atoms with Gasteiger partial charge in [-0.1, -0.05) is 0 Å². The molecule has 5 nitrogen and oxygen atoms in total. The molecule has 0 aliphatic heterocycles. The molecule has 0 aliphatic carbocycles. The molecule has 1 heterocycles. The molecule has 0 radical (unpaired) electrons. The number of aromatic carboxylic acids is 1. The number of halogens is 1. The molecule has 0 fully saturated rings. The largest absolute Gasteiger partial charge is 0.505 e. The van der Waals surface area contributed by atoms with E-state index >= 15 is 0 Å². The standard InChI is InChI=1S/C12H8FNO4S/c1-5(15)10-9(12(17)18)14-11(19-10)6-2-3-8(16)7(13)4-6/h2-4,16H,1H3,(H,17,18). The third-order valence-corrected chi connectivity index (χ3v) is 3.55. The number of phenols is 1. The number of hydrogen-bond donors (Lipinski definition) is 2. The summed E-state index contributed by atoms with van der Waals surface area (Å²) in [7, 11) is 0. The molecule has 1 aromatic heterocycles. The summed E-state index contributed by atoms with van der Waals surface area (Å²) in [5.41, 5.74) is -0.0451. The fourth-order valence-electron chi connectivity index (χ4n) is 1.47. The van der Waals surface area contributed by atoms with Gasteiger partial charge in [-0.05, 0) is 18.2 Å². The number of phenolic OH excluding ortho intramolecular Hbond substituents is 1. The lowest BCUT2D eigenvalue weighted by atomic mass is 10.2. The number of aromatic nitrogens is 1. The number of carboxylic acid groups (broad SMARTS) is 1. The van der Waals surface area contributed by atoms with Crippen LogP contribution in [-0.2, 0) is 0 Å². The fourth-order valence-corrected chi connectivity index (χ4v) is 2.42. The van der Waals surface area contributed by atoms with Crippen molar-refractivity contribution in [2.45, 2.75) is 6.92 Å². The van der Waals surface area contributed by atoms with E-state index in [9.17, 15) is 14.0 Å². The predicted octanol–water partition coefficient (Wildman–Crippen LogP) is 2.56. The highest BCUT2D eigenvalue weighted by Gasteiger charge is 2.21. The van der Waals surface area contributed by atoms with E-state index in [-0.39, 0.29) is 15.6 Å². The summed E-state index contributed by atoms with van der Waals surface area (Å²) in [5.74, 6) is -3.08. The first kappa shape index (κ1) is 13.2. The number of carbonyl (C=O) groups is 2. The molecule has 0 amide bonds. The number of carboxylic acids is 1. The highest BCUT2D eigenvalue weighted by atomic mass is 32.1. The van der Waals surface area contributed by atoms with Gasteiger partial charge < -0.3 is 10.2 Å². The number of rotatable bonds is 3. The Morgan fingerprint density at radius 3 is 2.53 bits per heavy atom. The van der Waals surface area contributed by atoms with Crippen LogP contribution >= 0.6 is 11.3 Å². The minimum atomic E-state index is -1.31. The van der Waals surface area contributed by atoms with Crippen molar-refractivity contribution < 1.29 is 24.2 Å². The van der Waals surface area contributed by atoms with E-state index in [0.717, 1.165) is 23.5 Å². The van der Waals surface area contributed by atoms with Gasteiger partial charge in [0.15, 0.2) is 23.0 Å². The third kappa shape index (κ3) is 2.45. The topological polar surface area (TPSA) is 87.5 Å². The summed E-state index contributed by atoms with van der Waals surface area (Å²) >= 11 is 0.874. The second-order valence-electron chi connectivity index (χ2n) is 3.72. The van der Waals surface area contributed by atoms with Gasteiger partial charge in [-0.3, -0.25) is 4.79 Å². The molecular weight excluding hydrogens is 273 g/mol. The number of carbonyl (C=O) groups excluding carboxylic acids is 1.